The van der Waals surface area contributed by atoms with Gasteiger partial charge in [0, 0.05) is 0 Å². The molecule has 1 aliphatic rings. The number of hydrogen-bond acceptors (Lipinski definition) is 2. The molecular weight excluding hydrogens is 164 g/mol. The molecule has 1 unspecified atom stereocenters. The Balaban J connectivity index is 2.37. The van der Waals surface area contributed by atoms with Crippen LogP contribution >= 0.6 is 0 Å². The van der Waals surface area contributed by atoms with Crippen molar-refractivity contribution in [1.29, 1.82) is 0 Å². The largest absolute Gasteiger partial charge is 0.272 e. The lowest BCUT2D eigenvalue weighted by Gasteiger charge is -2.07. The number of nitrogens with one attached hydrogen (secondary N) is 1. The molecule has 3 heteroatoms. The van der Waals surface area contributed by atoms with Gasteiger partial charge in [0.05, 0.1) is 11.6 Å². The Morgan fingerprint density at radius 3 is 2.77 bits per heavy atom. The van der Waals surface area contributed by atoms with Gasteiger partial charge in [-0.2, -0.15) is 5.10 Å². The van der Waals surface area contributed by atoms with E-state index in [1.54, 1.807) is 0 Å². The van der Waals surface area contributed by atoms with E-state index in [0.717, 1.165) is 25.0 Å². The lowest BCUT2D eigenvalue weighted by atomic mass is 9.95. The average Bonchev–Trinajstić information content (AvgIpc) is 2.48. The van der Waals surface area contributed by atoms with E-state index in [0.29, 0.717) is 0 Å². The van der Waals surface area contributed by atoms with Crippen LogP contribution in [0.4, 0.5) is 0 Å². The maximum Gasteiger partial charge on any atom is 0.248 e. The Morgan fingerprint density at radius 1 is 1.38 bits per heavy atom. The summed E-state index contributed by atoms with van der Waals surface area (Å²) in [5.74, 6) is 0.157. The molecule has 1 heterocycles. The second-order valence-corrected chi connectivity index (χ2v) is 3.48. The SMILES string of the molecule is CCCCCC1C(=O)NN=C1CC. The van der Waals surface area contributed by atoms with Gasteiger partial charge in [-0.25, -0.2) is 5.43 Å². The summed E-state index contributed by atoms with van der Waals surface area (Å²) in [6.45, 7) is 4.22. The molecule has 0 aromatic heterocycles. The number of rotatable bonds is 5. The van der Waals surface area contributed by atoms with Crippen LogP contribution < -0.4 is 5.43 Å². The van der Waals surface area contributed by atoms with E-state index in [2.05, 4.69) is 17.5 Å². The third kappa shape index (κ3) is 2.54. The van der Waals surface area contributed by atoms with Crippen molar-refractivity contribution in [2.75, 3.05) is 0 Å². The first-order valence-corrected chi connectivity index (χ1v) is 5.15. The second kappa shape index (κ2) is 5.00. The standard InChI is InChI=1S/C10H18N2O/c1-3-5-6-7-8-9(4-2)11-12-10(8)13/h8H,3-7H2,1-2H3,(H,12,13). The zero-order chi connectivity index (χ0) is 9.68. The normalized spacial score (nSPS) is 21.5. The van der Waals surface area contributed by atoms with E-state index < -0.39 is 0 Å². The molecule has 0 saturated carbocycles. The van der Waals surface area contributed by atoms with Gasteiger partial charge in [0.25, 0.3) is 0 Å². The molecule has 1 N–H and O–H groups in total. The van der Waals surface area contributed by atoms with Gasteiger partial charge in [-0.05, 0) is 12.8 Å². The minimum Gasteiger partial charge on any atom is -0.272 e. The summed E-state index contributed by atoms with van der Waals surface area (Å²) in [6, 6.07) is 0. The Labute approximate surface area is 79.6 Å². The van der Waals surface area contributed by atoms with Crippen LogP contribution in [0.3, 0.4) is 0 Å². The average molecular weight is 182 g/mol. The van der Waals surface area contributed by atoms with E-state index in [1.165, 1.54) is 12.8 Å². The molecule has 0 radical (unpaired) electrons. The summed E-state index contributed by atoms with van der Waals surface area (Å²) in [7, 11) is 0. The Hall–Kier alpha value is -0.860. The number of carbonyl (C=O) groups excluding carboxylic acids is 1. The van der Waals surface area contributed by atoms with Gasteiger partial charge in [0.15, 0.2) is 0 Å². The van der Waals surface area contributed by atoms with Crippen LogP contribution in [0, 0.1) is 5.92 Å². The summed E-state index contributed by atoms with van der Waals surface area (Å²) < 4.78 is 0. The first-order valence-electron chi connectivity index (χ1n) is 5.15. The van der Waals surface area contributed by atoms with Crippen LogP contribution in [-0.2, 0) is 4.79 Å². The van der Waals surface area contributed by atoms with Gasteiger partial charge >= 0.3 is 0 Å². The van der Waals surface area contributed by atoms with Gasteiger partial charge in [-0.1, -0.05) is 33.1 Å². The van der Waals surface area contributed by atoms with Crippen molar-refractivity contribution < 1.29 is 4.79 Å². The molecule has 1 amide bonds. The highest BCUT2D eigenvalue weighted by molar-refractivity contribution is 6.07. The monoisotopic (exact) mass is 182 g/mol. The number of nitrogens with zero attached hydrogens (tertiary/aromatic N) is 1. The minimum atomic E-state index is 0.0662. The van der Waals surface area contributed by atoms with Gasteiger partial charge < -0.3 is 0 Å². The quantitative estimate of drug-likeness (QED) is 0.650. The van der Waals surface area contributed by atoms with E-state index in [4.69, 9.17) is 0 Å². The van der Waals surface area contributed by atoms with E-state index >= 15 is 0 Å². The fourth-order valence-corrected chi connectivity index (χ4v) is 1.66. The molecule has 0 aromatic rings. The zero-order valence-electron chi connectivity index (χ0n) is 8.47. The maximum absolute atomic E-state index is 11.3. The van der Waals surface area contributed by atoms with Crippen molar-refractivity contribution in [3.05, 3.63) is 0 Å². The third-order valence-electron chi connectivity index (χ3n) is 2.49. The predicted octanol–water partition coefficient (Wildman–Crippen LogP) is 2.08. The highest BCUT2D eigenvalue weighted by atomic mass is 16.2. The smallest absolute Gasteiger partial charge is 0.248 e. The Kier molecular flexibility index (Phi) is 3.93. The highest BCUT2D eigenvalue weighted by Crippen LogP contribution is 2.17. The molecule has 3 nitrogen and oxygen atoms in total. The fourth-order valence-electron chi connectivity index (χ4n) is 1.66. The van der Waals surface area contributed by atoms with Gasteiger partial charge in [-0.3, -0.25) is 4.79 Å². The molecule has 1 atom stereocenters. The number of hydrazone groups is 1. The van der Waals surface area contributed by atoms with Crippen LogP contribution in [0.1, 0.15) is 46.0 Å². The highest BCUT2D eigenvalue weighted by Gasteiger charge is 2.27. The Morgan fingerprint density at radius 2 is 2.15 bits per heavy atom. The molecule has 0 spiro atoms. The van der Waals surface area contributed by atoms with Gasteiger partial charge in [-0.15, -0.1) is 0 Å². The number of unbranched alkanes of at least 4 members (excludes halogenated alkanes) is 2. The molecule has 13 heavy (non-hydrogen) atoms. The molecule has 0 aromatic carbocycles. The van der Waals surface area contributed by atoms with Crippen LogP contribution in [0.25, 0.3) is 0 Å². The van der Waals surface area contributed by atoms with Crippen LogP contribution in [0.2, 0.25) is 0 Å². The van der Waals surface area contributed by atoms with Gasteiger partial charge in [0.2, 0.25) is 5.91 Å². The zero-order valence-corrected chi connectivity index (χ0v) is 8.47. The van der Waals surface area contributed by atoms with Crippen molar-refractivity contribution >= 4 is 11.6 Å². The van der Waals surface area contributed by atoms with E-state index in [-0.39, 0.29) is 11.8 Å². The number of amides is 1. The van der Waals surface area contributed by atoms with Crippen molar-refractivity contribution in [2.45, 2.75) is 46.0 Å². The molecule has 0 saturated heterocycles. The number of carbonyl (C=O) groups is 1. The molecular formula is C10H18N2O. The molecule has 74 valence electrons. The molecule has 0 bridgehead atoms. The maximum atomic E-state index is 11.3. The van der Waals surface area contributed by atoms with Crippen molar-refractivity contribution in [1.82, 2.24) is 5.43 Å². The summed E-state index contributed by atoms with van der Waals surface area (Å²) in [5.41, 5.74) is 3.58. The summed E-state index contributed by atoms with van der Waals surface area (Å²) in [5, 5.41) is 4.01. The minimum absolute atomic E-state index is 0.0662. The molecule has 1 aliphatic heterocycles. The second-order valence-electron chi connectivity index (χ2n) is 3.48. The van der Waals surface area contributed by atoms with Crippen molar-refractivity contribution in [3.63, 3.8) is 0 Å². The first-order chi connectivity index (χ1) is 6.29. The summed E-state index contributed by atoms with van der Waals surface area (Å²) >= 11 is 0. The Bertz CT molecular complexity index is 211. The first kappa shape index (κ1) is 10.2. The van der Waals surface area contributed by atoms with Crippen molar-refractivity contribution in [3.8, 4) is 0 Å². The molecule has 0 fully saturated rings. The third-order valence-corrected chi connectivity index (χ3v) is 2.49. The molecule has 0 aliphatic carbocycles. The van der Waals surface area contributed by atoms with Gasteiger partial charge in [0.1, 0.15) is 0 Å². The van der Waals surface area contributed by atoms with E-state index in [9.17, 15) is 4.79 Å². The summed E-state index contributed by atoms with van der Waals surface area (Å²) in [6.07, 6.45) is 5.39. The van der Waals surface area contributed by atoms with E-state index in [1.807, 2.05) is 6.92 Å². The van der Waals surface area contributed by atoms with Crippen LogP contribution in [0.15, 0.2) is 5.10 Å². The number of hydrogen-bond donors (Lipinski definition) is 1. The predicted molar refractivity (Wildman–Crippen MR) is 53.5 cm³/mol. The van der Waals surface area contributed by atoms with Crippen molar-refractivity contribution in [2.24, 2.45) is 11.0 Å². The molecule has 1 rings (SSSR count). The lowest BCUT2D eigenvalue weighted by molar-refractivity contribution is -0.122. The topological polar surface area (TPSA) is 41.5 Å². The van der Waals surface area contributed by atoms with Crippen LogP contribution in [-0.4, -0.2) is 11.6 Å². The summed E-state index contributed by atoms with van der Waals surface area (Å²) in [4.78, 5) is 11.3. The lowest BCUT2D eigenvalue weighted by Crippen LogP contribution is -2.22. The van der Waals surface area contributed by atoms with Crippen LogP contribution in [0.5, 0.6) is 0 Å². The fraction of sp³-hybridized carbons (Fsp3) is 0.800.